The van der Waals surface area contributed by atoms with Gasteiger partial charge in [0.25, 0.3) is 0 Å². The Hall–Kier alpha value is -0.770. The molecule has 0 spiro atoms. The van der Waals surface area contributed by atoms with Crippen LogP contribution >= 0.6 is 0 Å². The van der Waals surface area contributed by atoms with Crippen LogP contribution in [0, 0.1) is 0 Å². The van der Waals surface area contributed by atoms with Crippen LogP contribution in [-0.4, -0.2) is 55.2 Å². The third-order valence-corrected chi connectivity index (χ3v) is 2.41. The van der Waals surface area contributed by atoms with Crippen LogP contribution in [0.2, 0.25) is 0 Å². The third kappa shape index (κ3) is 2.34. The summed E-state index contributed by atoms with van der Waals surface area (Å²) in [4.78, 5) is 15.3. The molecule has 13 heavy (non-hydrogen) atoms. The van der Waals surface area contributed by atoms with Gasteiger partial charge in [0.15, 0.2) is 0 Å². The molecule has 4 heteroatoms. The van der Waals surface area contributed by atoms with Crippen molar-refractivity contribution in [3.05, 3.63) is 0 Å². The first kappa shape index (κ1) is 10.3. The van der Waals surface area contributed by atoms with Gasteiger partial charge in [-0.25, -0.2) is 4.79 Å². The summed E-state index contributed by atoms with van der Waals surface area (Å²) in [6.07, 6.45) is 0. The van der Waals surface area contributed by atoms with Crippen LogP contribution in [0.3, 0.4) is 0 Å². The van der Waals surface area contributed by atoms with Crippen molar-refractivity contribution >= 4 is 6.03 Å². The SMILES string of the molecule is CCN(C)C(=O)N1CCOC[C@H]1C. The van der Waals surface area contributed by atoms with Gasteiger partial charge in [0.1, 0.15) is 0 Å². The number of morpholine rings is 1. The van der Waals surface area contributed by atoms with E-state index in [4.69, 9.17) is 4.74 Å². The number of nitrogens with zero attached hydrogens (tertiary/aromatic N) is 2. The minimum absolute atomic E-state index is 0.110. The van der Waals surface area contributed by atoms with Crippen molar-refractivity contribution in [2.24, 2.45) is 0 Å². The quantitative estimate of drug-likeness (QED) is 0.606. The number of hydrogen-bond donors (Lipinski definition) is 0. The second-order valence-electron chi connectivity index (χ2n) is 3.41. The average molecular weight is 186 g/mol. The molecule has 0 unspecified atom stereocenters. The highest BCUT2D eigenvalue weighted by molar-refractivity contribution is 5.74. The van der Waals surface area contributed by atoms with E-state index in [2.05, 4.69) is 0 Å². The molecule has 1 heterocycles. The Morgan fingerprint density at radius 2 is 2.38 bits per heavy atom. The molecule has 1 rings (SSSR count). The molecule has 0 radical (unpaired) electrons. The summed E-state index contributed by atoms with van der Waals surface area (Å²) in [6, 6.07) is 0.313. The van der Waals surface area contributed by atoms with Crippen molar-refractivity contribution < 1.29 is 9.53 Å². The van der Waals surface area contributed by atoms with Gasteiger partial charge in [-0.2, -0.15) is 0 Å². The van der Waals surface area contributed by atoms with Crippen LogP contribution in [0.5, 0.6) is 0 Å². The first-order valence-electron chi connectivity index (χ1n) is 4.76. The molecule has 0 N–H and O–H groups in total. The molecule has 1 saturated heterocycles. The smallest absolute Gasteiger partial charge is 0.320 e. The monoisotopic (exact) mass is 186 g/mol. The van der Waals surface area contributed by atoms with E-state index >= 15 is 0 Å². The highest BCUT2D eigenvalue weighted by Crippen LogP contribution is 2.08. The molecule has 1 atom stereocenters. The van der Waals surface area contributed by atoms with E-state index in [0.29, 0.717) is 19.8 Å². The van der Waals surface area contributed by atoms with Crippen LogP contribution in [0.25, 0.3) is 0 Å². The Morgan fingerprint density at radius 1 is 1.69 bits per heavy atom. The molecule has 0 aromatic rings. The Kier molecular flexibility index (Phi) is 3.54. The number of hydrogen-bond acceptors (Lipinski definition) is 2. The zero-order chi connectivity index (χ0) is 9.84. The molecular weight excluding hydrogens is 168 g/mol. The Bertz CT molecular complexity index is 184. The standard InChI is InChI=1S/C9H18N2O2/c1-4-10(3)9(12)11-5-6-13-7-8(11)2/h8H,4-7H2,1-3H3/t8-/m1/s1. The number of carbonyl (C=O) groups is 1. The van der Waals surface area contributed by atoms with Crippen molar-refractivity contribution in [2.75, 3.05) is 33.4 Å². The highest BCUT2D eigenvalue weighted by atomic mass is 16.5. The van der Waals surface area contributed by atoms with Crippen molar-refractivity contribution in [1.82, 2.24) is 9.80 Å². The summed E-state index contributed by atoms with van der Waals surface area (Å²) >= 11 is 0. The molecule has 76 valence electrons. The molecule has 1 fully saturated rings. The molecule has 1 aliphatic heterocycles. The summed E-state index contributed by atoms with van der Waals surface area (Å²) in [5.74, 6) is 0. The van der Waals surface area contributed by atoms with Crippen LogP contribution < -0.4 is 0 Å². The van der Waals surface area contributed by atoms with E-state index in [1.165, 1.54) is 0 Å². The predicted octanol–water partition coefficient (Wildman–Crippen LogP) is 0.779. The molecule has 1 aliphatic rings. The summed E-state index contributed by atoms with van der Waals surface area (Å²) < 4.78 is 5.26. The van der Waals surface area contributed by atoms with E-state index in [9.17, 15) is 4.79 Å². The lowest BCUT2D eigenvalue weighted by Gasteiger charge is -2.35. The van der Waals surface area contributed by atoms with Gasteiger partial charge in [0.2, 0.25) is 0 Å². The van der Waals surface area contributed by atoms with Crippen molar-refractivity contribution in [3.8, 4) is 0 Å². The number of rotatable bonds is 1. The summed E-state index contributed by atoms with van der Waals surface area (Å²) in [7, 11) is 1.82. The number of ether oxygens (including phenoxy) is 1. The van der Waals surface area contributed by atoms with Gasteiger partial charge in [-0.1, -0.05) is 0 Å². The van der Waals surface area contributed by atoms with E-state index in [1.807, 2.05) is 25.8 Å². The van der Waals surface area contributed by atoms with Crippen molar-refractivity contribution in [2.45, 2.75) is 19.9 Å². The summed E-state index contributed by atoms with van der Waals surface area (Å²) in [6.45, 7) is 6.77. The first-order chi connectivity index (χ1) is 6.16. The number of amides is 2. The normalized spacial score (nSPS) is 23.0. The molecular formula is C9H18N2O2. The zero-order valence-corrected chi connectivity index (χ0v) is 8.62. The first-order valence-corrected chi connectivity index (χ1v) is 4.76. The maximum Gasteiger partial charge on any atom is 0.320 e. The van der Waals surface area contributed by atoms with Gasteiger partial charge in [-0.05, 0) is 13.8 Å². The lowest BCUT2D eigenvalue weighted by Crippen LogP contribution is -2.51. The second kappa shape index (κ2) is 4.46. The zero-order valence-electron chi connectivity index (χ0n) is 8.62. The maximum absolute atomic E-state index is 11.7. The fourth-order valence-electron chi connectivity index (χ4n) is 1.37. The Balaban J connectivity index is 2.53. The Morgan fingerprint density at radius 3 is 2.92 bits per heavy atom. The lowest BCUT2D eigenvalue weighted by molar-refractivity contribution is 0.0122. The minimum Gasteiger partial charge on any atom is -0.377 e. The third-order valence-electron chi connectivity index (χ3n) is 2.41. The molecule has 0 aromatic heterocycles. The highest BCUT2D eigenvalue weighted by Gasteiger charge is 2.25. The van der Waals surface area contributed by atoms with Gasteiger partial charge in [-0.15, -0.1) is 0 Å². The Labute approximate surface area is 79.4 Å². The summed E-state index contributed by atoms with van der Waals surface area (Å²) in [5.41, 5.74) is 0. The van der Waals surface area contributed by atoms with E-state index < -0.39 is 0 Å². The largest absolute Gasteiger partial charge is 0.377 e. The van der Waals surface area contributed by atoms with Gasteiger partial charge < -0.3 is 14.5 Å². The average Bonchev–Trinajstić information content (AvgIpc) is 2.16. The molecule has 0 aromatic carbocycles. The molecule has 2 amide bonds. The number of carbonyl (C=O) groups excluding carboxylic acids is 1. The van der Waals surface area contributed by atoms with Crippen LogP contribution in [-0.2, 0) is 4.74 Å². The fraction of sp³-hybridized carbons (Fsp3) is 0.889. The van der Waals surface area contributed by atoms with E-state index in [-0.39, 0.29) is 12.1 Å². The fourth-order valence-corrected chi connectivity index (χ4v) is 1.37. The predicted molar refractivity (Wildman–Crippen MR) is 50.7 cm³/mol. The van der Waals surface area contributed by atoms with Crippen molar-refractivity contribution in [1.29, 1.82) is 0 Å². The van der Waals surface area contributed by atoms with Crippen LogP contribution in [0.4, 0.5) is 4.79 Å². The van der Waals surface area contributed by atoms with Crippen LogP contribution in [0.1, 0.15) is 13.8 Å². The van der Waals surface area contributed by atoms with Gasteiger partial charge in [0.05, 0.1) is 19.3 Å². The molecule has 4 nitrogen and oxygen atoms in total. The topological polar surface area (TPSA) is 32.8 Å². The maximum atomic E-state index is 11.7. The van der Waals surface area contributed by atoms with E-state index in [0.717, 1.165) is 6.54 Å². The van der Waals surface area contributed by atoms with Gasteiger partial charge in [0, 0.05) is 20.1 Å². The minimum atomic E-state index is 0.110. The molecule has 0 saturated carbocycles. The van der Waals surface area contributed by atoms with Gasteiger partial charge in [-0.3, -0.25) is 0 Å². The summed E-state index contributed by atoms with van der Waals surface area (Å²) in [5, 5.41) is 0. The van der Waals surface area contributed by atoms with Crippen LogP contribution in [0.15, 0.2) is 0 Å². The van der Waals surface area contributed by atoms with Gasteiger partial charge >= 0.3 is 6.03 Å². The molecule has 0 aliphatic carbocycles. The number of urea groups is 1. The molecule has 0 bridgehead atoms. The van der Waals surface area contributed by atoms with E-state index in [1.54, 1.807) is 4.90 Å². The lowest BCUT2D eigenvalue weighted by atomic mass is 10.3. The second-order valence-corrected chi connectivity index (χ2v) is 3.41. The van der Waals surface area contributed by atoms with Crippen molar-refractivity contribution in [3.63, 3.8) is 0 Å².